The molecule has 17 heavy (non-hydrogen) atoms. The van der Waals surface area contributed by atoms with Crippen molar-refractivity contribution < 1.29 is 13.5 Å². The van der Waals surface area contributed by atoms with Crippen LogP contribution in [0.1, 0.15) is 5.82 Å². The van der Waals surface area contributed by atoms with Crippen LogP contribution in [0.25, 0.3) is 0 Å². The lowest BCUT2D eigenvalue weighted by molar-refractivity contribution is 0.449. The third kappa shape index (κ3) is 3.10. The highest BCUT2D eigenvalue weighted by Gasteiger charge is 2.05. The summed E-state index contributed by atoms with van der Waals surface area (Å²) in [4.78, 5) is 7.76. The summed E-state index contributed by atoms with van der Waals surface area (Å²) in [6.07, 6.45) is 0. The molecule has 2 aromatic rings. The summed E-state index contributed by atoms with van der Waals surface area (Å²) in [7, 11) is 0. The standard InChI is InChI=1S/C11H7ClF2N2O/c1-6-15-10(12)5-11(16-6)17-9-3-7(13)2-8(14)4-9/h2-5H,1H3. The van der Waals surface area contributed by atoms with Crippen LogP contribution in [0, 0.1) is 18.6 Å². The minimum absolute atomic E-state index is 0.0108. The maximum absolute atomic E-state index is 12.9. The number of nitrogens with zero attached hydrogens (tertiary/aromatic N) is 2. The first kappa shape index (κ1) is 11.7. The van der Waals surface area contributed by atoms with E-state index in [9.17, 15) is 8.78 Å². The summed E-state index contributed by atoms with van der Waals surface area (Å²) in [6, 6.07) is 4.21. The van der Waals surface area contributed by atoms with Crippen LogP contribution in [0.2, 0.25) is 5.15 Å². The van der Waals surface area contributed by atoms with Gasteiger partial charge in [0.15, 0.2) is 0 Å². The Morgan fingerprint density at radius 1 is 1.06 bits per heavy atom. The van der Waals surface area contributed by atoms with Gasteiger partial charge in [-0.15, -0.1) is 0 Å². The number of aryl methyl sites for hydroxylation is 1. The molecule has 0 aliphatic carbocycles. The molecule has 0 amide bonds. The van der Waals surface area contributed by atoms with Crippen LogP contribution in [-0.2, 0) is 0 Å². The van der Waals surface area contributed by atoms with Gasteiger partial charge in [0.05, 0.1) is 0 Å². The second-order valence-corrected chi connectivity index (χ2v) is 3.67. The average molecular weight is 257 g/mol. The number of benzene rings is 1. The van der Waals surface area contributed by atoms with Gasteiger partial charge in [-0.1, -0.05) is 11.6 Å². The maximum Gasteiger partial charge on any atom is 0.224 e. The van der Waals surface area contributed by atoms with Gasteiger partial charge in [0, 0.05) is 24.3 Å². The van der Waals surface area contributed by atoms with Crippen LogP contribution in [0.3, 0.4) is 0 Å². The fourth-order valence-electron chi connectivity index (χ4n) is 1.27. The molecule has 0 N–H and O–H groups in total. The molecule has 1 aromatic carbocycles. The minimum atomic E-state index is -0.725. The van der Waals surface area contributed by atoms with E-state index in [4.69, 9.17) is 16.3 Å². The Morgan fingerprint density at radius 2 is 1.71 bits per heavy atom. The van der Waals surface area contributed by atoms with Gasteiger partial charge in [-0.2, -0.15) is 4.98 Å². The van der Waals surface area contributed by atoms with E-state index < -0.39 is 11.6 Å². The molecular formula is C11H7ClF2N2O. The van der Waals surface area contributed by atoms with Crippen molar-refractivity contribution in [3.05, 3.63) is 46.9 Å². The van der Waals surface area contributed by atoms with E-state index in [1.54, 1.807) is 6.92 Å². The zero-order chi connectivity index (χ0) is 12.4. The molecule has 0 bridgehead atoms. The largest absolute Gasteiger partial charge is 0.439 e. The molecular weight excluding hydrogens is 250 g/mol. The van der Waals surface area contributed by atoms with E-state index >= 15 is 0 Å². The zero-order valence-electron chi connectivity index (χ0n) is 8.75. The summed E-state index contributed by atoms with van der Waals surface area (Å²) in [5, 5.41) is 0.198. The smallest absolute Gasteiger partial charge is 0.224 e. The lowest BCUT2D eigenvalue weighted by atomic mass is 10.3. The molecule has 3 nitrogen and oxygen atoms in total. The highest BCUT2D eigenvalue weighted by atomic mass is 35.5. The van der Waals surface area contributed by atoms with Gasteiger partial charge in [-0.25, -0.2) is 13.8 Å². The van der Waals surface area contributed by atoms with Crippen molar-refractivity contribution >= 4 is 11.6 Å². The van der Waals surface area contributed by atoms with E-state index in [2.05, 4.69) is 9.97 Å². The lowest BCUT2D eigenvalue weighted by Crippen LogP contribution is -1.94. The summed E-state index contributed by atoms with van der Waals surface area (Å²) >= 11 is 5.70. The van der Waals surface area contributed by atoms with Crippen molar-refractivity contribution in [2.75, 3.05) is 0 Å². The van der Waals surface area contributed by atoms with Gasteiger partial charge in [0.1, 0.15) is 28.4 Å². The van der Waals surface area contributed by atoms with Crippen LogP contribution in [0.5, 0.6) is 11.6 Å². The van der Waals surface area contributed by atoms with Gasteiger partial charge < -0.3 is 4.74 Å². The molecule has 0 saturated heterocycles. The van der Waals surface area contributed by atoms with Crippen LogP contribution in [0.4, 0.5) is 8.78 Å². The van der Waals surface area contributed by atoms with E-state index in [1.807, 2.05) is 0 Å². The lowest BCUT2D eigenvalue weighted by Gasteiger charge is -2.05. The van der Waals surface area contributed by atoms with Crippen molar-refractivity contribution in [1.29, 1.82) is 0 Å². The highest BCUT2D eigenvalue weighted by Crippen LogP contribution is 2.23. The Balaban J connectivity index is 2.31. The average Bonchev–Trinajstić information content (AvgIpc) is 2.13. The van der Waals surface area contributed by atoms with Crippen LogP contribution >= 0.6 is 11.6 Å². The molecule has 1 aromatic heterocycles. The first-order chi connectivity index (χ1) is 8.02. The molecule has 0 saturated carbocycles. The normalized spacial score (nSPS) is 10.4. The molecule has 88 valence electrons. The van der Waals surface area contributed by atoms with E-state index in [1.165, 1.54) is 6.07 Å². The number of ether oxygens (including phenoxy) is 1. The fraction of sp³-hybridized carbons (Fsp3) is 0.0909. The minimum Gasteiger partial charge on any atom is -0.439 e. The fourth-order valence-corrected chi connectivity index (χ4v) is 1.48. The van der Waals surface area contributed by atoms with E-state index in [-0.39, 0.29) is 16.8 Å². The predicted octanol–water partition coefficient (Wildman–Crippen LogP) is 3.51. The third-order valence-electron chi connectivity index (χ3n) is 1.84. The number of rotatable bonds is 2. The molecule has 0 aliphatic heterocycles. The molecule has 0 radical (unpaired) electrons. The van der Waals surface area contributed by atoms with Crippen LogP contribution < -0.4 is 4.74 Å². The quantitative estimate of drug-likeness (QED) is 0.771. The number of hydrogen-bond donors (Lipinski definition) is 0. The first-order valence-electron chi connectivity index (χ1n) is 4.68. The molecule has 6 heteroatoms. The number of halogens is 3. The monoisotopic (exact) mass is 256 g/mol. The SMILES string of the molecule is Cc1nc(Cl)cc(Oc2cc(F)cc(F)c2)n1. The second kappa shape index (κ2) is 4.63. The van der Waals surface area contributed by atoms with Gasteiger partial charge in [0.25, 0.3) is 0 Å². The summed E-state index contributed by atoms with van der Waals surface area (Å²) in [6.45, 7) is 1.63. The topological polar surface area (TPSA) is 35.0 Å². The summed E-state index contributed by atoms with van der Waals surface area (Å²) in [5.74, 6) is -0.901. The maximum atomic E-state index is 12.9. The molecule has 0 spiro atoms. The highest BCUT2D eigenvalue weighted by molar-refractivity contribution is 6.29. The Kier molecular flexibility index (Phi) is 3.19. The van der Waals surface area contributed by atoms with Gasteiger partial charge in [-0.3, -0.25) is 0 Å². The van der Waals surface area contributed by atoms with Crippen molar-refractivity contribution in [2.45, 2.75) is 6.92 Å². The van der Waals surface area contributed by atoms with E-state index in [0.717, 1.165) is 18.2 Å². The first-order valence-corrected chi connectivity index (χ1v) is 5.06. The number of hydrogen-bond acceptors (Lipinski definition) is 3. The van der Waals surface area contributed by atoms with Crippen molar-refractivity contribution in [1.82, 2.24) is 9.97 Å². The molecule has 1 heterocycles. The Bertz CT molecular complexity index is 473. The molecule has 0 fully saturated rings. The van der Waals surface area contributed by atoms with Crippen molar-refractivity contribution in [3.8, 4) is 11.6 Å². The molecule has 0 aliphatic rings. The Hall–Kier alpha value is -1.75. The molecule has 0 atom stereocenters. The van der Waals surface area contributed by atoms with Gasteiger partial charge >= 0.3 is 0 Å². The zero-order valence-corrected chi connectivity index (χ0v) is 9.50. The summed E-state index contributed by atoms with van der Waals surface area (Å²) in [5.41, 5.74) is 0. The molecule has 2 rings (SSSR count). The van der Waals surface area contributed by atoms with E-state index in [0.29, 0.717) is 5.82 Å². The van der Waals surface area contributed by atoms with Crippen molar-refractivity contribution in [2.24, 2.45) is 0 Å². The Labute approximate surface area is 101 Å². The van der Waals surface area contributed by atoms with Gasteiger partial charge in [0.2, 0.25) is 5.88 Å². The van der Waals surface area contributed by atoms with Crippen LogP contribution in [0.15, 0.2) is 24.3 Å². The van der Waals surface area contributed by atoms with Gasteiger partial charge in [-0.05, 0) is 6.92 Å². The van der Waals surface area contributed by atoms with Crippen molar-refractivity contribution in [3.63, 3.8) is 0 Å². The Morgan fingerprint density at radius 3 is 2.29 bits per heavy atom. The predicted molar refractivity (Wildman–Crippen MR) is 58.2 cm³/mol. The second-order valence-electron chi connectivity index (χ2n) is 3.28. The number of aromatic nitrogens is 2. The van der Waals surface area contributed by atoms with Crippen LogP contribution in [-0.4, -0.2) is 9.97 Å². The molecule has 0 unspecified atom stereocenters. The third-order valence-corrected chi connectivity index (χ3v) is 2.04. The summed E-state index contributed by atoms with van der Waals surface area (Å²) < 4.78 is 31.0.